The van der Waals surface area contributed by atoms with Gasteiger partial charge in [0.15, 0.2) is 0 Å². The first-order chi connectivity index (χ1) is 15.7. The van der Waals surface area contributed by atoms with Crippen LogP contribution in [0.15, 0.2) is 78.9 Å². The van der Waals surface area contributed by atoms with E-state index in [-0.39, 0.29) is 17.7 Å². The molecule has 32 heavy (non-hydrogen) atoms. The number of benzene rings is 3. The molecular formula is C28H28N2O2. The summed E-state index contributed by atoms with van der Waals surface area (Å²) in [4.78, 5) is 27.5. The fourth-order valence-electron chi connectivity index (χ4n) is 4.61. The Kier molecular flexibility index (Phi) is 5.76. The van der Waals surface area contributed by atoms with Crippen molar-refractivity contribution in [2.24, 2.45) is 5.92 Å². The zero-order valence-electron chi connectivity index (χ0n) is 18.2. The maximum Gasteiger partial charge on any atom is 0.225 e. The molecule has 0 atom stereocenters. The van der Waals surface area contributed by atoms with Crippen LogP contribution in [0.4, 0.5) is 5.69 Å². The molecule has 1 fully saturated rings. The van der Waals surface area contributed by atoms with Crippen molar-refractivity contribution in [3.63, 3.8) is 0 Å². The molecule has 4 heteroatoms. The highest BCUT2D eigenvalue weighted by Crippen LogP contribution is 2.33. The van der Waals surface area contributed by atoms with E-state index in [0.717, 1.165) is 48.2 Å². The lowest BCUT2D eigenvalue weighted by atomic mass is 9.88. The van der Waals surface area contributed by atoms with Gasteiger partial charge in [-0.3, -0.25) is 9.59 Å². The molecule has 5 rings (SSSR count). The zero-order valence-corrected chi connectivity index (χ0v) is 18.2. The number of nitrogens with one attached hydrogen (secondary N) is 1. The fraction of sp³-hybridized carbons (Fsp3) is 0.286. The zero-order chi connectivity index (χ0) is 21.9. The Morgan fingerprint density at radius 2 is 1.53 bits per heavy atom. The molecule has 0 bridgehead atoms. The summed E-state index contributed by atoms with van der Waals surface area (Å²) in [6, 6.07) is 26.5. The Morgan fingerprint density at radius 3 is 2.16 bits per heavy atom. The molecule has 0 spiro atoms. The summed E-state index contributed by atoms with van der Waals surface area (Å²) < 4.78 is 0. The third kappa shape index (κ3) is 4.59. The first kappa shape index (κ1) is 20.5. The van der Waals surface area contributed by atoms with Crippen molar-refractivity contribution in [2.45, 2.75) is 38.1 Å². The smallest absolute Gasteiger partial charge is 0.225 e. The van der Waals surface area contributed by atoms with Crippen molar-refractivity contribution >= 4 is 17.5 Å². The Morgan fingerprint density at radius 1 is 0.875 bits per heavy atom. The molecule has 4 nitrogen and oxygen atoms in total. The van der Waals surface area contributed by atoms with Gasteiger partial charge in [0, 0.05) is 37.0 Å². The topological polar surface area (TPSA) is 49.4 Å². The number of amides is 2. The minimum atomic E-state index is -0.00983. The SMILES string of the molecule is O=C(CC(c1ccccc1)c1ccccc1)Nc1ccc2c(c1)CN(C(=O)C1CC1)CC2. The molecule has 2 amide bonds. The van der Waals surface area contributed by atoms with Gasteiger partial charge in [0.2, 0.25) is 11.8 Å². The molecule has 1 heterocycles. The maximum absolute atomic E-state index is 13.0. The van der Waals surface area contributed by atoms with Crippen LogP contribution in [0.1, 0.15) is 47.4 Å². The molecule has 3 aromatic carbocycles. The van der Waals surface area contributed by atoms with Gasteiger partial charge in [0.1, 0.15) is 0 Å². The third-order valence-corrected chi connectivity index (χ3v) is 6.53. The highest BCUT2D eigenvalue weighted by atomic mass is 16.2. The number of fused-ring (bicyclic) bond motifs is 1. The van der Waals surface area contributed by atoms with Gasteiger partial charge in [-0.05, 0) is 53.6 Å². The third-order valence-electron chi connectivity index (χ3n) is 6.53. The molecule has 3 aromatic rings. The Hall–Kier alpha value is -3.40. The Labute approximate surface area is 189 Å². The molecular weight excluding hydrogens is 396 g/mol. The van der Waals surface area contributed by atoms with Gasteiger partial charge < -0.3 is 10.2 Å². The Bertz CT molecular complexity index is 1070. The summed E-state index contributed by atoms with van der Waals surface area (Å²) in [5, 5.41) is 3.10. The molecule has 0 unspecified atom stereocenters. The van der Waals surface area contributed by atoms with Crippen molar-refractivity contribution in [3.8, 4) is 0 Å². The van der Waals surface area contributed by atoms with Gasteiger partial charge in [0.25, 0.3) is 0 Å². The molecule has 0 aromatic heterocycles. The number of anilines is 1. The van der Waals surface area contributed by atoms with Crippen LogP contribution in [0.2, 0.25) is 0 Å². The van der Waals surface area contributed by atoms with Crippen LogP contribution in [0.25, 0.3) is 0 Å². The molecule has 1 aliphatic carbocycles. The molecule has 162 valence electrons. The van der Waals surface area contributed by atoms with Crippen molar-refractivity contribution in [2.75, 3.05) is 11.9 Å². The lowest BCUT2D eigenvalue weighted by Crippen LogP contribution is -2.36. The second-order valence-electron chi connectivity index (χ2n) is 8.89. The van der Waals surface area contributed by atoms with E-state index in [1.807, 2.05) is 53.4 Å². The van der Waals surface area contributed by atoms with Crippen LogP contribution in [-0.4, -0.2) is 23.3 Å². The molecule has 0 radical (unpaired) electrons. The predicted molar refractivity (Wildman–Crippen MR) is 126 cm³/mol. The molecule has 0 saturated heterocycles. The van der Waals surface area contributed by atoms with Crippen molar-refractivity contribution in [1.82, 2.24) is 4.90 Å². The van der Waals surface area contributed by atoms with Gasteiger partial charge in [-0.15, -0.1) is 0 Å². The minimum Gasteiger partial charge on any atom is -0.338 e. The predicted octanol–water partition coefficient (Wildman–Crippen LogP) is 5.14. The second-order valence-corrected chi connectivity index (χ2v) is 8.89. The molecule has 1 saturated carbocycles. The standard InChI is InChI=1S/C28H28N2O2/c31-27(18-26(21-7-3-1-4-8-21)22-9-5-2-6-10-22)29-25-14-13-20-15-16-30(19-24(20)17-25)28(32)23-11-12-23/h1-10,13-14,17,23,26H,11-12,15-16,18-19H2,(H,29,31). The largest absolute Gasteiger partial charge is 0.338 e. The quantitative estimate of drug-likeness (QED) is 0.595. The van der Waals surface area contributed by atoms with E-state index in [2.05, 4.69) is 35.6 Å². The average Bonchev–Trinajstić information content (AvgIpc) is 3.68. The van der Waals surface area contributed by atoms with Gasteiger partial charge >= 0.3 is 0 Å². The molecule has 1 N–H and O–H groups in total. The maximum atomic E-state index is 13.0. The van der Waals surface area contributed by atoms with Crippen LogP contribution in [-0.2, 0) is 22.6 Å². The van der Waals surface area contributed by atoms with Gasteiger partial charge in [0.05, 0.1) is 0 Å². The van der Waals surface area contributed by atoms with Crippen LogP contribution in [0, 0.1) is 5.92 Å². The first-order valence-electron chi connectivity index (χ1n) is 11.5. The number of hydrogen-bond acceptors (Lipinski definition) is 2. The monoisotopic (exact) mass is 424 g/mol. The van der Waals surface area contributed by atoms with E-state index < -0.39 is 0 Å². The van der Waals surface area contributed by atoms with E-state index in [4.69, 9.17) is 0 Å². The molecule has 2 aliphatic rings. The van der Waals surface area contributed by atoms with Crippen LogP contribution >= 0.6 is 0 Å². The summed E-state index contributed by atoms with van der Waals surface area (Å²) >= 11 is 0. The summed E-state index contributed by atoms with van der Waals surface area (Å²) in [6.07, 6.45) is 3.31. The first-order valence-corrected chi connectivity index (χ1v) is 11.5. The van der Waals surface area contributed by atoms with Crippen molar-refractivity contribution in [3.05, 3.63) is 101 Å². The van der Waals surface area contributed by atoms with E-state index in [9.17, 15) is 9.59 Å². The summed E-state index contributed by atoms with van der Waals surface area (Å²) in [5.41, 5.74) is 5.48. The van der Waals surface area contributed by atoms with Crippen molar-refractivity contribution in [1.29, 1.82) is 0 Å². The van der Waals surface area contributed by atoms with E-state index in [1.165, 1.54) is 5.56 Å². The Balaban J connectivity index is 1.30. The lowest BCUT2D eigenvalue weighted by Gasteiger charge is -2.29. The number of nitrogens with zero attached hydrogens (tertiary/aromatic N) is 1. The van der Waals surface area contributed by atoms with E-state index in [0.29, 0.717) is 18.9 Å². The van der Waals surface area contributed by atoms with Gasteiger partial charge in [-0.2, -0.15) is 0 Å². The van der Waals surface area contributed by atoms with E-state index >= 15 is 0 Å². The number of carbonyl (C=O) groups excluding carboxylic acids is 2. The molecule has 1 aliphatic heterocycles. The summed E-state index contributed by atoms with van der Waals surface area (Å²) in [7, 11) is 0. The van der Waals surface area contributed by atoms with Crippen LogP contribution in [0.3, 0.4) is 0 Å². The summed E-state index contributed by atoms with van der Waals surface area (Å²) in [6.45, 7) is 1.44. The number of carbonyl (C=O) groups is 2. The van der Waals surface area contributed by atoms with Gasteiger partial charge in [-0.1, -0.05) is 66.7 Å². The number of hydrogen-bond donors (Lipinski definition) is 1. The minimum absolute atomic E-state index is 0.00156. The fourth-order valence-corrected chi connectivity index (χ4v) is 4.61. The summed E-state index contributed by atoms with van der Waals surface area (Å²) in [5.74, 6) is 0.525. The highest BCUT2D eigenvalue weighted by molar-refractivity contribution is 5.91. The van der Waals surface area contributed by atoms with Crippen LogP contribution < -0.4 is 5.32 Å². The second kappa shape index (κ2) is 8.99. The average molecular weight is 425 g/mol. The van der Waals surface area contributed by atoms with Crippen LogP contribution in [0.5, 0.6) is 0 Å². The highest BCUT2D eigenvalue weighted by Gasteiger charge is 2.34. The lowest BCUT2D eigenvalue weighted by molar-refractivity contribution is -0.133. The van der Waals surface area contributed by atoms with Gasteiger partial charge in [-0.25, -0.2) is 0 Å². The van der Waals surface area contributed by atoms with Crippen molar-refractivity contribution < 1.29 is 9.59 Å². The van der Waals surface area contributed by atoms with E-state index in [1.54, 1.807) is 0 Å². The normalized spacial score (nSPS) is 15.3. The number of rotatable bonds is 6.